The van der Waals surface area contributed by atoms with Gasteiger partial charge in [0.1, 0.15) is 5.76 Å². The predicted molar refractivity (Wildman–Crippen MR) is 112 cm³/mol. The minimum absolute atomic E-state index is 0. The number of ether oxygens (including phenoxy) is 1. The van der Waals surface area contributed by atoms with E-state index in [1.165, 1.54) is 11.1 Å². The van der Waals surface area contributed by atoms with E-state index >= 15 is 0 Å². The molecule has 0 aliphatic heterocycles. The summed E-state index contributed by atoms with van der Waals surface area (Å²) < 4.78 is 10.9. The summed E-state index contributed by atoms with van der Waals surface area (Å²) in [5, 5.41) is 6.50. The first-order chi connectivity index (χ1) is 11.7. The second-order valence-corrected chi connectivity index (χ2v) is 5.80. The van der Waals surface area contributed by atoms with E-state index in [1.54, 1.807) is 6.26 Å². The summed E-state index contributed by atoms with van der Waals surface area (Å²) in [6.07, 6.45) is 1.92. The molecule has 6 heteroatoms. The summed E-state index contributed by atoms with van der Waals surface area (Å²) in [6, 6.07) is 12.2. The topological polar surface area (TPSA) is 58.8 Å². The van der Waals surface area contributed by atoms with Gasteiger partial charge in [0.25, 0.3) is 0 Å². The van der Waals surface area contributed by atoms with E-state index in [9.17, 15) is 0 Å². The van der Waals surface area contributed by atoms with Crippen LogP contribution in [0.3, 0.4) is 0 Å². The molecular formula is C19H28IN3O2. The van der Waals surface area contributed by atoms with Gasteiger partial charge in [-0.05, 0) is 44.0 Å². The number of hydrogen-bond donors (Lipinski definition) is 2. The third-order valence-corrected chi connectivity index (χ3v) is 3.38. The van der Waals surface area contributed by atoms with Gasteiger partial charge in [-0.15, -0.1) is 24.0 Å². The highest BCUT2D eigenvalue weighted by Crippen LogP contribution is 2.08. The summed E-state index contributed by atoms with van der Waals surface area (Å²) in [6.45, 7) is 8.84. The molecule has 2 rings (SSSR count). The summed E-state index contributed by atoms with van der Waals surface area (Å²) >= 11 is 0. The van der Waals surface area contributed by atoms with Gasteiger partial charge in [0.15, 0.2) is 5.96 Å². The van der Waals surface area contributed by atoms with Crippen LogP contribution in [0.25, 0.3) is 0 Å². The molecule has 0 saturated heterocycles. The molecular weight excluding hydrogens is 429 g/mol. The van der Waals surface area contributed by atoms with Crippen molar-refractivity contribution in [2.75, 3.05) is 6.54 Å². The van der Waals surface area contributed by atoms with Gasteiger partial charge < -0.3 is 19.8 Å². The lowest BCUT2D eigenvalue weighted by Gasteiger charge is -2.10. The Bertz CT molecular complexity index is 610. The fourth-order valence-corrected chi connectivity index (χ4v) is 2.10. The van der Waals surface area contributed by atoms with Crippen LogP contribution in [0.5, 0.6) is 0 Å². The van der Waals surface area contributed by atoms with Crippen molar-refractivity contribution < 1.29 is 9.15 Å². The molecule has 0 amide bonds. The van der Waals surface area contributed by atoms with E-state index in [0.29, 0.717) is 19.7 Å². The lowest BCUT2D eigenvalue weighted by Crippen LogP contribution is -2.36. The summed E-state index contributed by atoms with van der Waals surface area (Å²) in [7, 11) is 0. The summed E-state index contributed by atoms with van der Waals surface area (Å²) in [5.41, 5.74) is 2.35. The van der Waals surface area contributed by atoms with Crippen molar-refractivity contribution in [2.24, 2.45) is 4.99 Å². The van der Waals surface area contributed by atoms with Crippen LogP contribution in [-0.2, 0) is 24.4 Å². The zero-order valence-corrected chi connectivity index (χ0v) is 17.4. The maximum absolute atomic E-state index is 5.61. The molecule has 0 atom stereocenters. The summed E-state index contributed by atoms with van der Waals surface area (Å²) in [5.74, 6) is 1.66. The van der Waals surface area contributed by atoms with E-state index in [0.717, 1.165) is 18.3 Å². The number of rotatable bonds is 8. The van der Waals surface area contributed by atoms with Gasteiger partial charge in [-0.25, -0.2) is 4.99 Å². The maximum Gasteiger partial charge on any atom is 0.191 e. The quantitative estimate of drug-likeness (QED) is 0.357. The van der Waals surface area contributed by atoms with Gasteiger partial charge in [0, 0.05) is 6.54 Å². The average Bonchev–Trinajstić information content (AvgIpc) is 3.10. The molecule has 0 aliphatic carbocycles. The largest absolute Gasteiger partial charge is 0.467 e. The van der Waals surface area contributed by atoms with Crippen molar-refractivity contribution in [1.82, 2.24) is 10.6 Å². The fraction of sp³-hybridized carbons (Fsp3) is 0.421. The highest BCUT2D eigenvalue weighted by Gasteiger charge is 2.01. The molecule has 2 N–H and O–H groups in total. The second kappa shape index (κ2) is 11.9. The monoisotopic (exact) mass is 457 g/mol. The molecule has 1 aromatic heterocycles. The molecule has 0 saturated carbocycles. The van der Waals surface area contributed by atoms with Crippen molar-refractivity contribution >= 4 is 29.9 Å². The third kappa shape index (κ3) is 8.40. The van der Waals surface area contributed by atoms with E-state index in [1.807, 2.05) is 32.9 Å². The van der Waals surface area contributed by atoms with E-state index < -0.39 is 0 Å². The molecule has 1 aromatic carbocycles. The van der Waals surface area contributed by atoms with E-state index in [2.05, 4.69) is 39.9 Å². The first-order valence-corrected chi connectivity index (χ1v) is 8.41. The van der Waals surface area contributed by atoms with Gasteiger partial charge in [-0.2, -0.15) is 0 Å². The third-order valence-electron chi connectivity index (χ3n) is 3.38. The van der Waals surface area contributed by atoms with Crippen LogP contribution in [0.15, 0.2) is 52.1 Å². The first-order valence-electron chi connectivity index (χ1n) is 8.41. The lowest BCUT2D eigenvalue weighted by atomic mass is 10.1. The van der Waals surface area contributed by atoms with Gasteiger partial charge in [-0.1, -0.05) is 24.3 Å². The fourth-order valence-electron chi connectivity index (χ4n) is 2.10. The van der Waals surface area contributed by atoms with E-state index in [4.69, 9.17) is 9.15 Å². The zero-order chi connectivity index (χ0) is 17.2. The van der Waals surface area contributed by atoms with Gasteiger partial charge in [0.2, 0.25) is 0 Å². The summed E-state index contributed by atoms with van der Waals surface area (Å²) in [4.78, 5) is 4.61. The Hall–Kier alpha value is -1.54. The van der Waals surface area contributed by atoms with Crippen molar-refractivity contribution in [3.05, 3.63) is 59.5 Å². The predicted octanol–water partition coefficient (Wildman–Crippen LogP) is 4.08. The standard InChI is InChI=1S/C19H27N3O2.HI/c1-4-20-19(22-13-18-6-5-11-23-18)21-12-16-7-9-17(10-8-16)14-24-15(2)3;/h5-11,15H,4,12-14H2,1-3H3,(H2,20,21,22);1H. The molecule has 0 fully saturated rings. The molecule has 0 aliphatic rings. The Kier molecular flexibility index (Phi) is 10.3. The Morgan fingerprint density at radius 1 is 1.12 bits per heavy atom. The number of halogens is 1. The van der Waals surface area contributed by atoms with Crippen molar-refractivity contribution in [1.29, 1.82) is 0 Å². The highest BCUT2D eigenvalue weighted by atomic mass is 127. The number of nitrogens with one attached hydrogen (secondary N) is 2. The zero-order valence-electron chi connectivity index (χ0n) is 15.1. The van der Waals surface area contributed by atoms with Crippen LogP contribution in [0, 0.1) is 0 Å². The van der Waals surface area contributed by atoms with Gasteiger partial charge in [-0.3, -0.25) is 0 Å². The van der Waals surface area contributed by atoms with Crippen LogP contribution < -0.4 is 10.6 Å². The SMILES string of the molecule is CCNC(=NCc1ccc(COC(C)C)cc1)NCc1ccco1.I. The smallest absolute Gasteiger partial charge is 0.191 e. The molecule has 0 bridgehead atoms. The molecule has 25 heavy (non-hydrogen) atoms. The number of hydrogen-bond acceptors (Lipinski definition) is 3. The van der Waals surface area contributed by atoms with Gasteiger partial charge in [0.05, 0.1) is 32.1 Å². The van der Waals surface area contributed by atoms with Crippen LogP contribution >= 0.6 is 24.0 Å². The van der Waals surface area contributed by atoms with E-state index in [-0.39, 0.29) is 30.1 Å². The molecule has 2 aromatic rings. The number of benzene rings is 1. The number of guanidine groups is 1. The normalized spacial score (nSPS) is 11.3. The van der Waals surface area contributed by atoms with Crippen molar-refractivity contribution in [3.8, 4) is 0 Å². The number of nitrogens with zero attached hydrogens (tertiary/aromatic N) is 1. The van der Waals surface area contributed by atoms with Crippen LogP contribution in [0.4, 0.5) is 0 Å². The van der Waals surface area contributed by atoms with Crippen LogP contribution in [0.2, 0.25) is 0 Å². The average molecular weight is 457 g/mol. The Labute approximate surface area is 167 Å². The van der Waals surface area contributed by atoms with Gasteiger partial charge >= 0.3 is 0 Å². The number of aliphatic imine (C=N–C) groups is 1. The molecule has 0 spiro atoms. The molecule has 0 unspecified atom stereocenters. The first kappa shape index (κ1) is 21.5. The van der Waals surface area contributed by atoms with Crippen molar-refractivity contribution in [3.63, 3.8) is 0 Å². The Balaban J connectivity index is 0.00000312. The minimum Gasteiger partial charge on any atom is -0.467 e. The second-order valence-electron chi connectivity index (χ2n) is 5.80. The maximum atomic E-state index is 5.61. The van der Waals surface area contributed by atoms with Crippen LogP contribution in [-0.4, -0.2) is 18.6 Å². The highest BCUT2D eigenvalue weighted by molar-refractivity contribution is 14.0. The van der Waals surface area contributed by atoms with Crippen molar-refractivity contribution in [2.45, 2.75) is 46.6 Å². The minimum atomic E-state index is 0. The Morgan fingerprint density at radius 2 is 1.84 bits per heavy atom. The molecule has 138 valence electrons. The molecule has 1 heterocycles. The number of furan rings is 1. The van der Waals surface area contributed by atoms with Crippen LogP contribution in [0.1, 0.15) is 37.7 Å². The lowest BCUT2D eigenvalue weighted by molar-refractivity contribution is 0.0657. The Morgan fingerprint density at radius 3 is 2.44 bits per heavy atom. The molecule has 0 radical (unpaired) electrons. The molecule has 5 nitrogen and oxygen atoms in total.